The molecule has 9 nitrogen and oxygen atoms in total. The first-order valence-corrected chi connectivity index (χ1v) is 10.1. The van der Waals surface area contributed by atoms with Crippen LogP contribution in [0.4, 0.5) is 9.18 Å². The van der Waals surface area contributed by atoms with E-state index in [9.17, 15) is 18.8 Å². The van der Waals surface area contributed by atoms with Crippen molar-refractivity contribution in [3.8, 4) is 0 Å². The van der Waals surface area contributed by atoms with Crippen LogP contribution in [0.15, 0.2) is 35.1 Å². The fourth-order valence-electron chi connectivity index (χ4n) is 3.92. The maximum Gasteiger partial charge on any atom is 0.328 e. The van der Waals surface area contributed by atoms with Crippen molar-refractivity contribution >= 4 is 35.5 Å². The van der Waals surface area contributed by atoms with E-state index in [-0.39, 0.29) is 30.3 Å². The van der Waals surface area contributed by atoms with Crippen LogP contribution in [0, 0.1) is 5.82 Å². The zero-order valence-electron chi connectivity index (χ0n) is 17.2. The average molecular weight is 450 g/mol. The molecule has 2 unspecified atom stereocenters. The minimum Gasteiger partial charge on any atom is -0.465 e. The van der Waals surface area contributed by atoms with Crippen LogP contribution in [-0.2, 0) is 20.9 Å². The maximum absolute atomic E-state index is 14.3. The summed E-state index contributed by atoms with van der Waals surface area (Å²) in [6.07, 6.45) is 0.940. The zero-order chi connectivity index (χ0) is 22.4. The van der Waals surface area contributed by atoms with Crippen molar-refractivity contribution < 1.29 is 23.5 Å². The average Bonchev–Trinajstić information content (AvgIpc) is 3.22. The minimum atomic E-state index is -0.828. The van der Waals surface area contributed by atoms with Crippen LogP contribution in [0.2, 0.25) is 5.02 Å². The lowest BCUT2D eigenvalue weighted by atomic mass is 10.1. The van der Waals surface area contributed by atoms with Crippen LogP contribution in [0.1, 0.15) is 19.4 Å². The molecule has 3 aliphatic heterocycles. The first-order chi connectivity index (χ1) is 14.7. The number of carbonyl (C=O) groups is 3. The monoisotopic (exact) mass is 449 g/mol. The summed E-state index contributed by atoms with van der Waals surface area (Å²) in [4.78, 5) is 48.4. The van der Waals surface area contributed by atoms with E-state index >= 15 is 0 Å². The second-order valence-corrected chi connectivity index (χ2v) is 7.78. The molecule has 11 heteroatoms. The van der Waals surface area contributed by atoms with E-state index in [1.807, 2.05) is 0 Å². The normalized spacial score (nSPS) is 22.5. The molecule has 3 aliphatic rings. The Kier molecular flexibility index (Phi) is 5.34. The summed E-state index contributed by atoms with van der Waals surface area (Å²) in [7, 11) is 1.53. The number of carbonyl (C=O) groups excluding carboxylic acids is 3. The maximum atomic E-state index is 14.3. The molecule has 0 N–H and O–H groups in total. The number of amides is 3. The Morgan fingerprint density at radius 2 is 2.03 bits per heavy atom. The summed E-state index contributed by atoms with van der Waals surface area (Å²) in [5.41, 5.74) is 0.773. The number of imide groups is 1. The van der Waals surface area contributed by atoms with Gasteiger partial charge in [-0.3, -0.25) is 14.5 Å². The number of fused-ring (bicyclic) bond motifs is 3. The lowest BCUT2D eigenvalue weighted by molar-refractivity contribution is -0.143. The van der Waals surface area contributed by atoms with Crippen molar-refractivity contribution in [1.82, 2.24) is 19.6 Å². The molecule has 1 aromatic carbocycles. The third-order valence-electron chi connectivity index (χ3n) is 5.47. The molecule has 3 amide bonds. The molecule has 0 bridgehead atoms. The largest absolute Gasteiger partial charge is 0.465 e. The summed E-state index contributed by atoms with van der Waals surface area (Å²) in [6.45, 7) is 3.39. The van der Waals surface area contributed by atoms with Gasteiger partial charge < -0.3 is 19.4 Å². The highest BCUT2D eigenvalue weighted by molar-refractivity contribution is 6.31. The highest BCUT2D eigenvalue weighted by Crippen LogP contribution is 2.35. The van der Waals surface area contributed by atoms with Gasteiger partial charge in [-0.2, -0.15) is 0 Å². The summed E-state index contributed by atoms with van der Waals surface area (Å²) < 4.78 is 19.3. The van der Waals surface area contributed by atoms with E-state index < -0.39 is 35.9 Å². The predicted octanol–water partition coefficient (Wildman–Crippen LogP) is 1.98. The SMILES string of the molecule is CCOC(=O)CN1C(C)=CN2C1=NC1C2C(=O)N(Cc2c(F)cccc2Cl)C(=O)N1C. The molecule has 0 aliphatic carbocycles. The molecule has 1 fully saturated rings. The van der Waals surface area contributed by atoms with Crippen molar-refractivity contribution in [2.24, 2.45) is 4.99 Å². The lowest BCUT2D eigenvalue weighted by Crippen LogP contribution is -2.64. The first kappa shape index (κ1) is 21.1. The van der Waals surface area contributed by atoms with Crippen LogP contribution in [-0.4, -0.2) is 75.9 Å². The van der Waals surface area contributed by atoms with Gasteiger partial charge in [0.05, 0.1) is 13.2 Å². The number of guanidine groups is 1. The Labute approximate surface area is 183 Å². The van der Waals surface area contributed by atoms with Gasteiger partial charge in [-0.05, 0) is 26.0 Å². The third kappa shape index (κ3) is 3.40. The summed E-state index contributed by atoms with van der Waals surface area (Å²) in [6, 6.07) is 2.75. The van der Waals surface area contributed by atoms with Crippen LogP contribution in [0.3, 0.4) is 0 Å². The Morgan fingerprint density at radius 1 is 1.29 bits per heavy atom. The molecule has 0 radical (unpaired) electrons. The number of hydrogen-bond acceptors (Lipinski definition) is 7. The molecular weight excluding hydrogens is 429 g/mol. The van der Waals surface area contributed by atoms with Gasteiger partial charge in [0.15, 0.2) is 12.2 Å². The standard InChI is InChI=1S/C20H21ClFN5O4/c1-4-31-15(28)10-25-11(2)8-26-16-17(23-19(25)26)24(3)20(30)27(18(16)29)9-12-13(21)6-5-7-14(12)22/h5-8,16-17H,4,9-10H2,1-3H3. The quantitative estimate of drug-likeness (QED) is 0.639. The second-order valence-electron chi connectivity index (χ2n) is 7.37. The topological polar surface area (TPSA) is 85.8 Å². The van der Waals surface area contributed by atoms with Crippen molar-refractivity contribution in [1.29, 1.82) is 0 Å². The van der Waals surface area contributed by atoms with Crippen molar-refractivity contribution in [3.63, 3.8) is 0 Å². The van der Waals surface area contributed by atoms with Gasteiger partial charge in [0, 0.05) is 29.5 Å². The zero-order valence-corrected chi connectivity index (χ0v) is 18.0. The summed E-state index contributed by atoms with van der Waals surface area (Å²) in [5, 5.41) is 0.131. The Morgan fingerprint density at radius 3 is 2.71 bits per heavy atom. The molecule has 3 heterocycles. The lowest BCUT2D eigenvalue weighted by Gasteiger charge is -2.40. The number of rotatable bonds is 5. The van der Waals surface area contributed by atoms with Crippen LogP contribution >= 0.6 is 11.6 Å². The molecule has 0 spiro atoms. The van der Waals surface area contributed by atoms with E-state index in [2.05, 4.69) is 4.99 Å². The molecule has 31 heavy (non-hydrogen) atoms. The number of urea groups is 1. The smallest absolute Gasteiger partial charge is 0.328 e. The van der Waals surface area contributed by atoms with E-state index in [0.717, 1.165) is 4.90 Å². The first-order valence-electron chi connectivity index (χ1n) is 9.73. The van der Waals surface area contributed by atoms with Gasteiger partial charge in [0.2, 0.25) is 5.96 Å². The van der Waals surface area contributed by atoms with Crippen LogP contribution < -0.4 is 0 Å². The number of allylic oxidation sites excluding steroid dienone is 1. The molecular formula is C20H21ClFN5O4. The number of esters is 1. The number of ether oxygens (including phenoxy) is 1. The van der Waals surface area contributed by atoms with Gasteiger partial charge >= 0.3 is 12.0 Å². The Balaban J connectivity index is 1.62. The third-order valence-corrected chi connectivity index (χ3v) is 5.83. The fourth-order valence-corrected chi connectivity index (χ4v) is 4.14. The molecule has 2 atom stereocenters. The number of benzene rings is 1. The van der Waals surface area contributed by atoms with E-state index in [0.29, 0.717) is 11.7 Å². The van der Waals surface area contributed by atoms with Crippen molar-refractivity contribution in [3.05, 3.63) is 46.5 Å². The highest BCUT2D eigenvalue weighted by Gasteiger charge is 2.54. The molecule has 4 rings (SSSR count). The number of hydrogen-bond donors (Lipinski definition) is 0. The van der Waals surface area contributed by atoms with Crippen LogP contribution in [0.5, 0.6) is 0 Å². The summed E-state index contributed by atoms with van der Waals surface area (Å²) >= 11 is 6.10. The fraction of sp³-hybridized carbons (Fsp3) is 0.400. The van der Waals surface area contributed by atoms with Gasteiger partial charge in [-0.15, -0.1) is 0 Å². The number of halogens is 2. The molecule has 1 aromatic rings. The van der Waals surface area contributed by atoms with Gasteiger partial charge in [0.25, 0.3) is 5.91 Å². The Hall–Kier alpha value is -3.14. The van der Waals surface area contributed by atoms with E-state index in [1.54, 1.807) is 29.8 Å². The highest BCUT2D eigenvalue weighted by atomic mass is 35.5. The van der Waals surface area contributed by atoms with Gasteiger partial charge in [-0.25, -0.2) is 14.2 Å². The Bertz CT molecular complexity index is 1010. The van der Waals surface area contributed by atoms with Gasteiger partial charge in [0.1, 0.15) is 12.4 Å². The summed E-state index contributed by atoms with van der Waals surface area (Å²) in [5.74, 6) is -1.16. The molecule has 0 saturated carbocycles. The number of likely N-dealkylation sites (N-methyl/N-ethyl adjacent to an activating group) is 1. The van der Waals surface area contributed by atoms with Crippen molar-refractivity contribution in [2.45, 2.75) is 32.6 Å². The van der Waals surface area contributed by atoms with E-state index in [1.165, 1.54) is 30.1 Å². The van der Waals surface area contributed by atoms with E-state index in [4.69, 9.17) is 16.3 Å². The minimum absolute atomic E-state index is 0.0638. The number of aliphatic imine (C=N–C) groups is 1. The van der Waals surface area contributed by atoms with Gasteiger partial charge in [-0.1, -0.05) is 17.7 Å². The molecule has 1 saturated heterocycles. The second kappa shape index (κ2) is 7.84. The van der Waals surface area contributed by atoms with Crippen LogP contribution in [0.25, 0.3) is 0 Å². The van der Waals surface area contributed by atoms with Crippen molar-refractivity contribution in [2.75, 3.05) is 20.2 Å². The molecule has 164 valence electrons. The number of nitrogens with zero attached hydrogens (tertiary/aromatic N) is 5. The predicted molar refractivity (Wildman–Crippen MR) is 109 cm³/mol. The molecule has 0 aromatic heterocycles.